The molecule has 3 rings (SSSR count). The van der Waals surface area contributed by atoms with E-state index in [1.54, 1.807) is 11.3 Å². The first-order chi connectivity index (χ1) is 11.3. The molecule has 4 nitrogen and oxygen atoms in total. The minimum absolute atomic E-state index is 0.0368. The molecular formula is C17H17NO3S2. The van der Waals surface area contributed by atoms with Crippen molar-refractivity contribution >= 4 is 38.7 Å². The molecular weight excluding hydrogens is 330 g/mol. The van der Waals surface area contributed by atoms with Crippen molar-refractivity contribution in [1.82, 2.24) is 5.32 Å². The van der Waals surface area contributed by atoms with Crippen molar-refractivity contribution in [2.45, 2.75) is 6.10 Å². The van der Waals surface area contributed by atoms with Crippen LogP contribution >= 0.6 is 22.7 Å². The summed E-state index contributed by atoms with van der Waals surface area (Å²) in [4.78, 5) is 13.1. The molecule has 2 aromatic heterocycles. The lowest BCUT2D eigenvalue weighted by atomic mass is 10.2. The summed E-state index contributed by atoms with van der Waals surface area (Å²) in [6.45, 7) is 0.591. The van der Waals surface area contributed by atoms with Crippen molar-refractivity contribution in [3.8, 4) is 0 Å². The monoisotopic (exact) mass is 347 g/mol. The Bertz CT molecular complexity index is 734. The van der Waals surface area contributed by atoms with E-state index in [-0.39, 0.29) is 25.2 Å². The molecule has 1 atom stereocenters. The highest BCUT2D eigenvalue weighted by Crippen LogP contribution is 2.25. The molecule has 2 N–H and O–H groups in total. The summed E-state index contributed by atoms with van der Waals surface area (Å²) in [6, 6.07) is 11.8. The highest BCUT2D eigenvalue weighted by molar-refractivity contribution is 7.20. The highest BCUT2D eigenvalue weighted by Gasteiger charge is 2.16. The van der Waals surface area contributed by atoms with Crippen molar-refractivity contribution in [2.75, 3.05) is 19.8 Å². The predicted molar refractivity (Wildman–Crippen MR) is 94.3 cm³/mol. The van der Waals surface area contributed by atoms with Crippen LogP contribution in [0.15, 0.2) is 47.2 Å². The van der Waals surface area contributed by atoms with Crippen molar-refractivity contribution in [2.24, 2.45) is 0 Å². The van der Waals surface area contributed by atoms with Crippen LogP contribution in [0.25, 0.3) is 10.1 Å². The summed E-state index contributed by atoms with van der Waals surface area (Å²) >= 11 is 3.06. The molecule has 0 bridgehead atoms. The molecule has 1 unspecified atom stereocenters. The van der Waals surface area contributed by atoms with Gasteiger partial charge >= 0.3 is 0 Å². The summed E-state index contributed by atoms with van der Waals surface area (Å²) in [5.74, 6) is -0.0981. The number of ether oxygens (including phenoxy) is 1. The molecule has 0 aliphatic heterocycles. The zero-order chi connectivity index (χ0) is 16.1. The van der Waals surface area contributed by atoms with Crippen molar-refractivity contribution in [3.63, 3.8) is 0 Å². The molecule has 0 aliphatic carbocycles. The minimum atomic E-state index is -0.244. The van der Waals surface area contributed by atoms with Gasteiger partial charge in [-0.1, -0.05) is 18.2 Å². The van der Waals surface area contributed by atoms with Gasteiger partial charge in [0.15, 0.2) is 0 Å². The van der Waals surface area contributed by atoms with Gasteiger partial charge in [0.25, 0.3) is 5.91 Å². The smallest absolute Gasteiger partial charge is 0.261 e. The molecule has 0 saturated carbocycles. The Morgan fingerprint density at radius 2 is 2.17 bits per heavy atom. The van der Waals surface area contributed by atoms with E-state index in [0.29, 0.717) is 11.4 Å². The van der Waals surface area contributed by atoms with Gasteiger partial charge in [-0.15, -0.1) is 11.3 Å². The Labute approximate surface area is 142 Å². The number of carbonyl (C=O) groups excluding carboxylic acids is 1. The lowest BCUT2D eigenvalue weighted by Gasteiger charge is -2.17. The highest BCUT2D eigenvalue weighted by atomic mass is 32.1. The maximum absolute atomic E-state index is 12.4. The molecule has 0 radical (unpaired) electrons. The van der Waals surface area contributed by atoms with E-state index in [4.69, 9.17) is 9.84 Å². The zero-order valence-corrected chi connectivity index (χ0v) is 14.0. The van der Waals surface area contributed by atoms with Gasteiger partial charge in [0.1, 0.15) is 6.10 Å². The van der Waals surface area contributed by atoms with Crippen LogP contribution in [-0.2, 0) is 4.74 Å². The quantitative estimate of drug-likeness (QED) is 0.688. The first-order valence-corrected chi connectivity index (χ1v) is 9.05. The predicted octanol–water partition coefficient (Wildman–Crippen LogP) is 3.44. The number of rotatable bonds is 7. The second kappa shape index (κ2) is 7.70. The average Bonchev–Trinajstić information content (AvgIpc) is 3.24. The number of thiophene rings is 2. The van der Waals surface area contributed by atoms with Crippen LogP contribution in [0.3, 0.4) is 0 Å². The number of hydrogen-bond donors (Lipinski definition) is 2. The number of amides is 1. The fourth-order valence-corrected chi connectivity index (χ4v) is 3.97. The Hall–Kier alpha value is -1.73. The van der Waals surface area contributed by atoms with Crippen LogP contribution in [0.5, 0.6) is 0 Å². The third-order valence-electron chi connectivity index (χ3n) is 3.42. The van der Waals surface area contributed by atoms with Gasteiger partial charge in [0.2, 0.25) is 0 Å². The number of benzene rings is 1. The van der Waals surface area contributed by atoms with Gasteiger partial charge in [-0.25, -0.2) is 0 Å². The number of hydrogen-bond acceptors (Lipinski definition) is 5. The van der Waals surface area contributed by atoms with E-state index < -0.39 is 0 Å². The van der Waals surface area contributed by atoms with Gasteiger partial charge in [0.05, 0.1) is 18.1 Å². The third-order valence-corrected chi connectivity index (χ3v) is 5.24. The molecule has 0 fully saturated rings. The molecule has 0 aliphatic rings. The molecule has 0 spiro atoms. The first kappa shape index (κ1) is 16.1. The number of fused-ring (bicyclic) bond motifs is 1. The Morgan fingerprint density at radius 3 is 2.91 bits per heavy atom. The van der Waals surface area contributed by atoms with E-state index in [1.807, 2.05) is 47.2 Å². The van der Waals surface area contributed by atoms with Gasteiger partial charge in [-0.3, -0.25) is 4.79 Å². The largest absolute Gasteiger partial charge is 0.394 e. The minimum Gasteiger partial charge on any atom is -0.394 e. The standard InChI is InChI=1S/C17H17NO3S2/c19-6-7-21-14(13-5-8-22-11-13)10-18-17(20)16-9-12-3-1-2-4-15(12)23-16/h1-5,8-9,11,14,19H,6-7,10H2,(H,18,20). The zero-order valence-electron chi connectivity index (χ0n) is 12.4. The number of nitrogens with one attached hydrogen (secondary N) is 1. The summed E-state index contributed by atoms with van der Waals surface area (Å²) in [5, 5.41) is 16.9. The van der Waals surface area contributed by atoms with E-state index in [1.165, 1.54) is 11.3 Å². The number of carbonyl (C=O) groups is 1. The second-order valence-electron chi connectivity index (χ2n) is 5.00. The topological polar surface area (TPSA) is 58.6 Å². The molecule has 2 heterocycles. The molecule has 120 valence electrons. The van der Waals surface area contributed by atoms with Crippen LogP contribution in [0, 0.1) is 0 Å². The molecule has 23 heavy (non-hydrogen) atoms. The van der Waals surface area contributed by atoms with E-state index in [2.05, 4.69) is 5.32 Å². The molecule has 6 heteroatoms. The number of aliphatic hydroxyl groups excluding tert-OH is 1. The van der Waals surface area contributed by atoms with Crippen LogP contribution in [0.2, 0.25) is 0 Å². The first-order valence-electron chi connectivity index (χ1n) is 7.29. The SMILES string of the molecule is O=C(NCC(OCCO)c1ccsc1)c1cc2ccccc2s1. The van der Waals surface area contributed by atoms with Crippen LogP contribution in [0.4, 0.5) is 0 Å². The second-order valence-corrected chi connectivity index (χ2v) is 6.86. The van der Waals surface area contributed by atoms with Gasteiger partial charge in [-0.05, 0) is 39.9 Å². The van der Waals surface area contributed by atoms with Gasteiger partial charge in [0, 0.05) is 11.2 Å². The summed E-state index contributed by atoms with van der Waals surface area (Å²) in [6.07, 6.45) is -0.244. The lowest BCUT2D eigenvalue weighted by Crippen LogP contribution is -2.29. The van der Waals surface area contributed by atoms with Crippen molar-refractivity contribution in [1.29, 1.82) is 0 Å². The summed E-state index contributed by atoms with van der Waals surface area (Å²) in [5.41, 5.74) is 1.01. The summed E-state index contributed by atoms with van der Waals surface area (Å²) < 4.78 is 6.73. The maximum atomic E-state index is 12.4. The van der Waals surface area contributed by atoms with E-state index in [9.17, 15) is 4.79 Å². The average molecular weight is 347 g/mol. The van der Waals surface area contributed by atoms with Gasteiger partial charge < -0.3 is 15.2 Å². The lowest BCUT2D eigenvalue weighted by molar-refractivity contribution is 0.0280. The number of aliphatic hydroxyl groups is 1. The fraction of sp³-hybridized carbons (Fsp3) is 0.235. The van der Waals surface area contributed by atoms with Crippen LogP contribution in [0.1, 0.15) is 21.3 Å². The summed E-state index contributed by atoms with van der Waals surface area (Å²) in [7, 11) is 0. The van der Waals surface area contributed by atoms with E-state index >= 15 is 0 Å². The van der Waals surface area contributed by atoms with Crippen molar-refractivity contribution < 1.29 is 14.6 Å². The molecule has 3 aromatic rings. The van der Waals surface area contributed by atoms with Crippen LogP contribution < -0.4 is 5.32 Å². The van der Waals surface area contributed by atoms with Gasteiger partial charge in [-0.2, -0.15) is 11.3 Å². The Kier molecular flexibility index (Phi) is 5.40. The van der Waals surface area contributed by atoms with E-state index in [0.717, 1.165) is 15.6 Å². The van der Waals surface area contributed by atoms with Crippen molar-refractivity contribution in [3.05, 3.63) is 57.6 Å². The maximum Gasteiger partial charge on any atom is 0.261 e. The molecule has 1 aromatic carbocycles. The third kappa shape index (κ3) is 3.97. The Morgan fingerprint density at radius 1 is 1.30 bits per heavy atom. The van der Waals surface area contributed by atoms with Crippen LogP contribution in [-0.4, -0.2) is 30.8 Å². The normalized spacial score (nSPS) is 12.4. The molecule has 1 amide bonds. The molecule has 0 saturated heterocycles. The Balaban J connectivity index is 1.66. The fourth-order valence-electron chi connectivity index (χ4n) is 2.29.